The first-order valence-electron chi connectivity index (χ1n) is 6.59. The molecule has 0 saturated heterocycles. The Morgan fingerprint density at radius 1 is 1.11 bits per heavy atom. The molecule has 0 bridgehead atoms. The van der Waals surface area contributed by atoms with Crippen LogP contribution in [0.15, 0.2) is 48.3 Å². The smallest absolute Gasteiger partial charge is 0.115 e. The minimum absolute atomic E-state index is 0.100. The molecule has 2 N–H and O–H groups in total. The van der Waals surface area contributed by atoms with E-state index < -0.39 is 0 Å². The molecule has 0 unspecified atom stereocenters. The van der Waals surface area contributed by atoms with Gasteiger partial charge in [-0.3, -0.25) is 0 Å². The molecule has 0 fully saturated rings. The summed E-state index contributed by atoms with van der Waals surface area (Å²) in [6.45, 7) is 0. The molecule has 0 aliphatic heterocycles. The van der Waals surface area contributed by atoms with Crippen molar-refractivity contribution in [1.29, 1.82) is 0 Å². The van der Waals surface area contributed by atoms with Crippen molar-refractivity contribution >= 4 is 0 Å². The predicted octanol–water partition coefficient (Wildman–Crippen LogP) is 3.36. The Kier molecular flexibility index (Phi) is 4.63. The highest BCUT2D eigenvalue weighted by Crippen LogP contribution is 2.23. The summed E-state index contributed by atoms with van der Waals surface area (Å²) in [5.41, 5.74) is 1.20. The molecule has 0 amide bonds. The second-order valence-corrected chi connectivity index (χ2v) is 4.84. The third kappa shape index (κ3) is 3.86. The van der Waals surface area contributed by atoms with Crippen LogP contribution in [0.4, 0.5) is 0 Å². The summed E-state index contributed by atoms with van der Waals surface area (Å²) in [7, 11) is 1.63. The number of ether oxygens (including phenoxy) is 1. The minimum Gasteiger partial charge on any atom is -0.512 e. The molecule has 3 nitrogen and oxygen atoms in total. The number of phenolic OH excluding ortho intramolecular Hbond substituents is 1. The Bertz CT molecular complexity index is 459. The molecule has 0 heterocycles. The van der Waals surface area contributed by atoms with E-state index in [-0.39, 0.29) is 12.0 Å². The number of aryl methyl sites for hydroxylation is 1. The van der Waals surface area contributed by atoms with Crippen molar-refractivity contribution < 1.29 is 14.9 Å². The standard InChI is InChI=1S/C16H20O3/c1-19-15-10-7-13(16(18)11-15)4-2-3-12-5-8-14(17)9-6-12/h5-11,13,15,17-18H,2-4H2,1H3/t13-,15+/m1/s1. The topological polar surface area (TPSA) is 49.7 Å². The van der Waals surface area contributed by atoms with Gasteiger partial charge in [0.25, 0.3) is 0 Å². The van der Waals surface area contributed by atoms with Crippen LogP contribution in [0.25, 0.3) is 0 Å². The van der Waals surface area contributed by atoms with Crippen LogP contribution in [0.3, 0.4) is 0 Å². The van der Waals surface area contributed by atoms with Crippen molar-refractivity contribution in [1.82, 2.24) is 0 Å². The second-order valence-electron chi connectivity index (χ2n) is 4.84. The fraction of sp³-hybridized carbons (Fsp3) is 0.375. The third-order valence-corrected chi connectivity index (χ3v) is 3.44. The van der Waals surface area contributed by atoms with Gasteiger partial charge in [-0.1, -0.05) is 24.3 Å². The van der Waals surface area contributed by atoms with Crippen molar-refractivity contribution in [2.75, 3.05) is 7.11 Å². The van der Waals surface area contributed by atoms with Gasteiger partial charge in [0.2, 0.25) is 0 Å². The van der Waals surface area contributed by atoms with Crippen LogP contribution in [-0.2, 0) is 11.2 Å². The van der Waals surface area contributed by atoms with Crippen molar-refractivity contribution in [2.45, 2.75) is 25.4 Å². The Morgan fingerprint density at radius 2 is 1.84 bits per heavy atom. The summed E-state index contributed by atoms with van der Waals surface area (Å²) in [5, 5.41) is 19.1. The quantitative estimate of drug-likeness (QED) is 0.798. The SMILES string of the molecule is CO[C@H]1C=C[C@@H](CCCc2ccc(O)cc2)C(O)=C1. The second kappa shape index (κ2) is 6.43. The zero-order valence-corrected chi connectivity index (χ0v) is 11.1. The van der Waals surface area contributed by atoms with E-state index in [1.165, 1.54) is 5.56 Å². The van der Waals surface area contributed by atoms with Gasteiger partial charge in [0.15, 0.2) is 0 Å². The van der Waals surface area contributed by atoms with E-state index in [4.69, 9.17) is 4.74 Å². The molecular formula is C16H20O3. The molecule has 0 saturated carbocycles. The zero-order chi connectivity index (χ0) is 13.7. The summed E-state index contributed by atoms with van der Waals surface area (Å²) in [5.74, 6) is 0.800. The largest absolute Gasteiger partial charge is 0.512 e. The maximum absolute atomic E-state index is 9.90. The Morgan fingerprint density at radius 3 is 2.47 bits per heavy atom. The van der Waals surface area contributed by atoms with Gasteiger partial charge in [-0.2, -0.15) is 0 Å². The number of hydrogen-bond donors (Lipinski definition) is 2. The maximum atomic E-state index is 9.90. The average Bonchev–Trinajstić information content (AvgIpc) is 2.42. The number of aromatic hydroxyl groups is 1. The molecule has 1 aliphatic carbocycles. The van der Waals surface area contributed by atoms with E-state index in [2.05, 4.69) is 0 Å². The van der Waals surface area contributed by atoms with Gasteiger partial charge in [0.05, 0.1) is 11.9 Å². The van der Waals surface area contributed by atoms with E-state index in [0.717, 1.165) is 19.3 Å². The summed E-state index contributed by atoms with van der Waals surface area (Å²) in [6.07, 6.45) is 8.50. The predicted molar refractivity (Wildman–Crippen MR) is 75.2 cm³/mol. The van der Waals surface area contributed by atoms with Crippen LogP contribution in [0.1, 0.15) is 18.4 Å². The molecule has 0 radical (unpaired) electrons. The Hall–Kier alpha value is -1.74. The lowest BCUT2D eigenvalue weighted by Crippen LogP contribution is -2.14. The van der Waals surface area contributed by atoms with E-state index in [0.29, 0.717) is 11.5 Å². The van der Waals surface area contributed by atoms with Gasteiger partial charge < -0.3 is 14.9 Å². The van der Waals surface area contributed by atoms with Crippen molar-refractivity contribution in [3.8, 4) is 5.75 Å². The van der Waals surface area contributed by atoms with E-state index in [1.807, 2.05) is 24.3 Å². The Labute approximate surface area is 113 Å². The van der Waals surface area contributed by atoms with Crippen LogP contribution in [0, 0.1) is 5.92 Å². The molecule has 2 rings (SSSR count). The van der Waals surface area contributed by atoms with E-state index in [1.54, 1.807) is 25.3 Å². The molecule has 102 valence electrons. The lowest BCUT2D eigenvalue weighted by molar-refractivity contribution is 0.167. The third-order valence-electron chi connectivity index (χ3n) is 3.44. The molecule has 19 heavy (non-hydrogen) atoms. The molecular weight excluding hydrogens is 240 g/mol. The first-order valence-corrected chi connectivity index (χ1v) is 6.59. The van der Waals surface area contributed by atoms with Crippen molar-refractivity contribution in [3.63, 3.8) is 0 Å². The highest BCUT2D eigenvalue weighted by atomic mass is 16.5. The average molecular weight is 260 g/mol. The highest BCUT2D eigenvalue weighted by molar-refractivity contribution is 5.26. The molecule has 3 heteroatoms. The number of phenols is 1. The summed E-state index contributed by atoms with van der Waals surface area (Å²) in [6, 6.07) is 7.28. The Balaban J connectivity index is 1.80. The lowest BCUT2D eigenvalue weighted by atomic mass is 9.93. The minimum atomic E-state index is -0.103. The molecule has 1 aromatic rings. The van der Waals surface area contributed by atoms with Crippen LogP contribution in [0.2, 0.25) is 0 Å². The summed E-state index contributed by atoms with van der Waals surface area (Å²) < 4.78 is 5.15. The zero-order valence-electron chi connectivity index (χ0n) is 11.1. The van der Waals surface area contributed by atoms with Crippen LogP contribution < -0.4 is 0 Å². The van der Waals surface area contributed by atoms with Gasteiger partial charge in [0.1, 0.15) is 5.75 Å². The van der Waals surface area contributed by atoms with Gasteiger partial charge in [-0.25, -0.2) is 0 Å². The normalized spacial score (nSPS) is 22.3. The number of aliphatic hydroxyl groups is 1. The van der Waals surface area contributed by atoms with Crippen LogP contribution in [0.5, 0.6) is 5.75 Å². The summed E-state index contributed by atoms with van der Waals surface area (Å²) >= 11 is 0. The summed E-state index contributed by atoms with van der Waals surface area (Å²) in [4.78, 5) is 0. The number of rotatable bonds is 5. The first kappa shape index (κ1) is 13.7. The van der Waals surface area contributed by atoms with Gasteiger partial charge in [-0.05, 0) is 43.0 Å². The maximum Gasteiger partial charge on any atom is 0.115 e. The van der Waals surface area contributed by atoms with E-state index in [9.17, 15) is 10.2 Å². The fourth-order valence-corrected chi connectivity index (χ4v) is 2.27. The fourth-order valence-electron chi connectivity index (χ4n) is 2.27. The monoisotopic (exact) mass is 260 g/mol. The van der Waals surface area contributed by atoms with Crippen molar-refractivity contribution in [3.05, 3.63) is 53.8 Å². The molecule has 1 aromatic carbocycles. The van der Waals surface area contributed by atoms with Gasteiger partial charge in [-0.15, -0.1) is 0 Å². The van der Waals surface area contributed by atoms with E-state index >= 15 is 0 Å². The molecule has 1 aliphatic rings. The first-order chi connectivity index (χ1) is 9.19. The molecule has 2 atom stereocenters. The van der Waals surface area contributed by atoms with Crippen LogP contribution in [-0.4, -0.2) is 23.4 Å². The molecule has 0 spiro atoms. The van der Waals surface area contributed by atoms with Gasteiger partial charge in [0, 0.05) is 13.0 Å². The number of methoxy groups -OCH3 is 1. The number of aliphatic hydroxyl groups excluding tert-OH is 1. The van der Waals surface area contributed by atoms with Gasteiger partial charge >= 0.3 is 0 Å². The molecule has 0 aromatic heterocycles. The number of allylic oxidation sites excluding steroid dienone is 1. The van der Waals surface area contributed by atoms with Crippen LogP contribution >= 0.6 is 0 Å². The number of hydrogen-bond acceptors (Lipinski definition) is 3. The number of benzene rings is 1. The lowest BCUT2D eigenvalue weighted by Gasteiger charge is -2.19. The van der Waals surface area contributed by atoms with Crippen molar-refractivity contribution in [2.24, 2.45) is 5.92 Å². The highest BCUT2D eigenvalue weighted by Gasteiger charge is 2.16.